The summed E-state index contributed by atoms with van der Waals surface area (Å²) in [6.45, 7) is 2.07. The zero-order chi connectivity index (χ0) is 19.9. The van der Waals surface area contributed by atoms with Crippen LogP contribution >= 0.6 is 24.0 Å². The van der Waals surface area contributed by atoms with E-state index < -0.39 is 0 Å². The second kappa shape index (κ2) is 11.8. The van der Waals surface area contributed by atoms with E-state index in [4.69, 9.17) is 16.3 Å². The maximum Gasteiger partial charge on any atom is 0.305 e. The Morgan fingerprint density at radius 2 is 1.83 bits per heavy atom. The van der Waals surface area contributed by atoms with Gasteiger partial charge in [0, 0.05) is 12.5 Å². The van der Waals surface area contributed by atoms with E-state index >= 15 is 0 Å². The molecule has 1 aromatic rings. The molecule has 2 fully saturated rings. The topological polar surface area (TPSA) is 67.4 Å². The lowest BCUT2D eigenvalue weighted by molar-refractivity contribution is -0.141. The van der Waals surface area contributed by atoms with Crippen LogP contribution in [0.2, 0.25) is 5.02 Å². The maximum atomic E-state index is 12.7. The Morgan fingerprint density at radius 1 is 1.14 bits per heavy atom. The molecule has 0 atom stereocenters. The Bertz CT molecular complexity index is 685. The summed E-state index contributed by atoms with van der Waals surface area (Å²) in [4.78, 5) is 24.0. The third-order valence-corrected chi connectivity index (χ3v) is 6.53. The van der Waals surface area contributed by atoms with Gasteiger partial charge in [-0.2, -0.15) is 0 Å². The number of nitrogens with one attached hydrogen (secondary N) is 2. The minimum absolute atomic E-state index is 0. The van der Waals surface area contributed by atoms with E-state index in [1.165, 1.54) is 12.7 Å². The number of amides is 1. The second-order valence-electron chi connectivity index (χ2n) is 8.07. The highest BCUT2D eigenvalue weighted by atomic mass is 35.5. The summed E-state index contributed by atoms with van der Waals surface area (Å²) in [7, 11) is 1.43. The first-order valence-electron chi connectivity index (χ1n) is 10.4. The smallest absolute Gasteiger partial charge is 0.305 e. The Balaban J connectivity index is 0.00000300. The van der Waals surface area contributed by atoms with Crippen LogP contribution in [0.4, 0.5) is 0 Å². The standard InChI is InChI=1S/C22H31ClN2O3.ClH/c1-28-21(26)9-4-15-2-6-18(7-3-15)25-22(27)19-8-5-17(14-20(19)23)16-10-12-24-13-11-16;/h5,8,14-16,18,24H,2-4,6-7,9-13H2,1H3,(H,25,27);1H/t15-,18-;. The summed E-state index contributed by atoms with van der Waals surface area (Å²) in [5, 5.41) is 7.06. The van der Waals surface area contributed by atoms with Crippen LogP contribution in [-0.2, 0) is 9.53 Å². The summed E-state index contributed by atoms with van der Waals surface area (Å²) >= 11 is 6.45. The van der Waals surface area contributed by atoms with Crippen LogP contribution in [0, 0.1) is 5.92 Å². The first kappa shape index (κ1) is 24.0. The predicted octanol–water partition coefficient (Wildman–Crippen LogP) is 4.47. The largest absolute Gasteiger partial charge is 0.469 e. The molecular weight excluding hydrogens is 411 g/mol. The van der Waals surface area contributed by atoms with Gasteiger partial charge in [-0.25, -0.2) is 0 Å². The third-order valence-electron chi connectivity index (χ3n) is 6.21. The van der Waals surface area contributed by atoms with Gasteiger partial charge >= 0.3 is 5.97 Å². The third kappa shape index (κ3) is 6.87. The number of carbonyl (C=O) groups is 2. The number of esters is 1. The van der Waals surface area contributed by atoms with Gasteiger partial charge in [-0.05, 0) is 87.6 Å². The average molecular weight is 443 g/mol. The summed E-state index contributed by atoms with van der Waals surface area (Å²) in [5.74, 6) is 0.842. The van der Waals surface area contributed by atoms with Crippen molar-refractivity contribution in [1.29, 1.82) is 0 Å². The molecule has 29 heavy (non-hydrogen) atoms. The van der Waals surface area contributed by atoms with Gasteiger partial charge in [0.1, 0.15) is 0 Å². The fraction of sp³-hybridized carbons (Fsp3) is 0.636. The average Bonchev–Trinajstić information content (AvgIpc) is 2.73. The van der Waals surface area contributed by atoms with Crippen molar-refractivity contribution in [3.63, 3.8) is 0 Å². The van der Waals surface area contributed by atoms with Crippen molar-refractivity contribution in [3.05, 3.63) is 34.3 Å². The molecule has 1 aliphatic heterocycles. The highest BCUT2D eigenvalue weighted by Gasteiger charge is 2.24. The molecule has 1 amide bonds. The van der Waals surface area contributed by atoms with Crippen LogP contribution < -0.4 is 10.6 Å². The summed E-state index contributed by atoms with van der Waals surface area (Å²) in [5.41, 5.74) is 1.79. The van der Waals surface area contributed by atoms with Crippen molar-refractivity contribution < 1.29 is 14.3 Å². The molecule has 7 heteroatoms. The molecule has 162 valence electrons. The van der Waals surface area contributed by atoms with Crippen molar-refractivity contribution in [3.8, 4) is 0 Å². The highest BCUT2D eigenvalue weighted by molar-refractivity contribution is 6.33. The predicted molar refractivity (Wildman–Crippen MR) is 118 cm³/mol. The Labute approximate surface area is 184 Å². The van der Waals surface area contributed by atoms with Crippen molar-refractivity contribution in [2.24, 2.45) is 5.92 Å². The highest BCUT2D eigenvalue weighted by Crippen LogP contribution is 2.30. The van der Waals surface area contributed by atoms with Gasteiger partial charge in [0.2, 0.25) is 0 Å². The zero-order valence-electron chi connectivity index (χ0n) is 17.0. The second-order valence-corrected chi connectivity index (χ2v) is 8.48. The number of benzene rings is 1. The summed E-state index contributed by atoms with van der Waals surface area (Å²) < 4.78 is 4.71. The zero-order valence-corrected chi connectivity index (χ0v) is 18.6. The molecule has 0 spiro atoms. The number of ether oxygens (including phenoxy) is 1. The molecule has 0 aromatic heterocycles. The molecule has 3 rings (SSSR count). The Hall–Kier alpha value is -1.30. The minimum Gasteiger partial charge on any atom is -0.469 e. The van der Waals surface area contributed by atoms with Crippen molar-refractivity contribution in [2.45, 2.75) is 63.3 Å². The lowest BCUT2D eigenvalue weighted by Gasteiger charge is -2.29. The molecular formula is C22H32Cl2N2O3. The fourth-order valence-corrected chi connectivity index (χ4v) is 4.68. The van der Waals surface area contributed by atoms with E-state index in [1.54, 1.807) is 0 Å². The van der Waals surface area contributed by atoms with Crippen LogP contribution in [-0.4, -0.2) is 38.1 Å². The molecule has 1 saturated heterocycles. The minimum atomic E-state index is -0.141. The number of rotatable bonds is 6. The number of hydrogen-bond acceptors (Lipinski definition) is 4. The van der Waals surface area contributed by atoms with E-state index in [1.807, 2.05) is 12.1 Å². The van der Waals surface area contributed by atoms with Gasteiger partial charge < -0.3 is 15.4 Å². The van der Waals surface area contributed by atoms with Gasteiger partial charge in [-0.15, -0.1) is 12.4 Å². The first-order valence-corrected chi connectivity index (χ1v) is 10.8. The number of halogens is 2. The molecule has 0 unspecified atom stereocenters. The molecule has 1 heterocycles. The quantitative estimate of drug-likeness (QED) is 0.637. The fourth-order valence-electron chi connectivity index (χ4n) is 4.41. The van der Waals surface area contributed by atoms with Crippen LogP contribution in [0.1, 0.15) is 73.2 Å². The van der Waals surface area contributed by atoms with E-state index in [2.05, 4.69) is 16.7 Å². The lowest BCUT2D eigenvalue weighted by Crippen LogP contribution is -2.37. The SMILES string of the molecule is COC(=O)CC[C@H]1CC[C@H](NC(=O)c2ccc(C3CCNCC3)cc2Cl)CC1.Cl. The monoisotopic (exact) mass is 442 g/mol. The van der Waals surface area contributed by atoms with E-state index in [9.17, 15) is 9.59 Å². The Morgan fingerprint density at radius 3 is 2.45 bits per heavy atom. The molecule has 5 nitrogen and oxygen atoms in total. The normalized spacial score (nSPS) is 22.4. The van der Waals surface area contributed by atoms with Crippen LogP contribution in [0.3, 0.4) is 0 Å². The lowest BCUT2D eigenvalue weighted by atomic mass is 9.83. The van der Waals surface area contributed by atoms with E-state index in [0.717, 1.165) is 58.0 Å². The van der Waals surface area contributed by atoms with Gasteiger partial charge in [0.05, 0.1) is 17.7 Å². The van der Waals surface area contributed by atoms with E-state index in [-0.39, 0.29) is 30.3 Å². The van der Waals surface area contributed by atoms with Crippen LogP contribution in [0.25, 0.3) is 0 Å². The van der Waals surface area contributed by atoms with Gasteiger partial charge in [0.25, 0.3) is 5.91 Å². The van der Waals surface area contributed by atoms with Gasteiger partial charge in [-0.3, -0.25) is 9.59 Å². The number of methoxy groups -OCH3 is 1. The summed E-state index contributed by atoms with van der Waals surface area (Å²) in [6.07, 6.45) is 7.54. The number of hydrogen-bond donors (Lipinski definition) is 2. The molecule has 2 aliphatic rings. The van der Waals surface area contributed by atoms with E-state index in [0.29, 0.717) is 28.8 Å². The van der Waals surface area contributed by atoms with Gasteiger partial charge in [0.15, 0.2) is 0 Å². The molecule has 0 radical (unpaired) electrons. The summed E-state index contributed by atoms with van der Waals surface area (Å²) in [6, 6.07) is 6.08. The molecule has 2 N–H and O–H groups in total. The molecule has 1 aliphatic carbocycles. The Kier molecular flexibility index (Phi) is 9.73. The first-order chi connectivity index (χ1) is 13.6. The molecule has 1 aromatic carbocycles. The van der Waals surface area contributed by atoms with Crippen molar-refractivity contribution >= 4 is 35.9 Å². The number of carbonyl (C=O) groups excluding carboxylic acids is 2. The van der Waals surface area contributed by atoms with Crippen LogP contribution in [0.15, 0.2) is 18.2 Å². The van der Waals surface area contributed by atoms with Crippen molar-refractivity contribution in [1.82, 2.24) is 10.6 Å². The van der Waals surface area contributed by atoms with Crippen molar-refractivity contribution in [2.75, 3.05) is 20.2 Å². The molecule has 0 bridgehead atoms. The molecule has 1 saturated carbocycles. The van der Waals surface area contributed by atoms with Gasteiger partial charge in [-0.1, -0.05) is 17.7 Å². The maximum absolute atomic E-state index is 12.7. The van der Waals surface area contributed by atoms with Crippen LogP contribution in [0.5, 0.6) is 0 Å². The number of piperidine rings is 1.